The normalized spacial score (nSPS) is 10.7. The summed E-state index contributed by atoms with van der Waals surface area (Å²) in [5, 5.41) is -0.700. The Hall–Kier alpha value is -1.95. The minimum atomic E-state index is -1.34. The van der Waals surface area contributed by atoms with E-state index in [1.165, 1.54) is 12.1 Å². The van der Waals surface area contributed by atoms with Crippen LogP contribution in [0.25, 0.3) is 5.69 Å². The highest BCUT2D eigenvalue weighted by molar-refractivity contribution is 6.29. The van der Waals surface area contributed by atoms with Crippen molar-refractivity contribution in [3.8, 4) is 5.69 Å². The lowest BCUT2D eigenvalue weighted by atomic mass is 10.2. The van der Waals surface area contributed by atoms with Gasteiger partial charge in [-0.3, -0.25) is 9.78 Å². The number of hydrogen-bond donors (Lipinski definition) is 1. The van der Waals surface area contributed by atoms with Crippen molar-refractivity contribution in [3.63, 3.8) is 0 Å². The lowest BCUT2D eigenvalue weighted by Crippen LogP contribution is -2.36. The van der Waals surface area contributed by atoms with Gasteiger partial charge in [-0.1, -0.05) is 17.7 Å². The van der Waals surface area contributed by atoms with Gasteiger partial charge in [-0.25, -0.2) is 13.8 Å². The molecule has 0 saturated heterocycles. The van der Waals surface area contributed by atoms with Crippen LogP contribution < -0.4 is 11.2 Å². The molecule has 1 aromatic heterocycles. The third-order valence-electron chi connectivity index (χ3n) is 2.35. The molecule has 0 unspecified atom stereocenters. The second kappa shape index (κ2) is 4.38. The summed E-state index contributed by atoms with van der Waals surface area (Å²) in [4.78, 5) is 25.0. The predicted molar refractivity (Wildman–Crippen MR) is 62.3 cm³/mol. The fraction of sp³-hybridized carbons (Fsp3) is 0.0909. The van der Waals surface area contributed by atoms with Crippen molar-refractivity contribution in [2.75, 3.05) is 0 Å². The molecule has 0 radical (unpaired) electrons. The van der Waals surface area contributed by atoms with Gasteiger partial charge in [0.25, 0.3) is 5.56 Å². The molecule has 18 heavy (non-hydrogen) atoms. The molecule has 0 atom stereocenters. The molecular formula is C11H7ClF2N2O2. The Balaban J connectivity index is 2.84. The first kappa shape index (κ1) is 12.5. The van der Waals surface area contributed by atoms with E-state index in [-0.39, 0.29) is 5.69 Å². The third kappa shape index (κ3) is 1.95. The Morgan fingerprint density at radius 3 is 2.56 bits per heavy atom. The van der Waals surface area contributed by atoms with Gasteiger partial charge in [0.15, 0.2) is 5.15 Å². The van der Waals surface area contributed by atoms with E-state index in [0.717, 1.165) is 6.07 Å². The van der Waals surface area contributed by atoms with Crippen LogP contribution in [0.5, 0.6) is 0 Å². The van der Waals surface area contributed by atoms with Crippen LogP contribution in [-0.2, 0) is 0 Å². The zero-order valence-corrected chi connectivity index (χ0v) is 9.89. The summed E-state index contributed by atoms with van der Waals surface area (Å²) in [5.74, 6) is -2.14. The monoisotopic (exact) mass is 272 g/mol. The number of hydrogen-bond acceptors (Lipinski definition) is 2. The van der Waals surface area contributed by atoms with Gasteiger partial charge in [-0.05, 0) is 24.6 Å². The minimum absolute atomic E-state index is 0.331. The molecule has 0 fully saturated rings. The third-order valence-corrected chi connectivity index (χ3v) is 2.61. The minimum Gasteiger partial charge on any atom is -0.295 e. The van der Waals surface area contributed by atoms with Crippen LogP contribution >= 0.6 is 11.6 Å². The van der Waals surface area contributed by atoms with E-state index in [4.69, 9.17) is 11.6 Å². The number of benzene rings is 1. The summed E-state index contributed by atoms with van der Waals surface area (Å²) >= 11 is 5.31. The lowest BCUT2D eigenvalue weighted by Gasteiger charge is -2.07. The Kier molecular flexibility index (Phi) is 3.04. The van der Waals surface area contributed by atoms with Gasteiger partial charge in [0.2, 0.25) is 5.82 Å². The molecule has 0 amide bonds. The highest BCUT2D eigenvalue weighted by Crippen LogP contribution is 2.12. The number of H-pyrrole nitrogens is 1. The zero-order chi connectivity index (χ0) is 13.4. The molecule has 0 bridgehead atoms. The van der Waals surface area contributed by atoms with Crippen molar-refractivity contribution in [1.82, 2.24) is 9.55 Å². The van der Waals surface area contributed by atoms with Crippen LogP contribution in [0.3, 0.4) is 0 Å². The molecule has 1 aromatic carbocycles. The SMILES string of the molecule is Cc1ccc(-n2c(=O)[nH]c(Cl)c(F)c2=O)c(F)c1. The summed E-state index contributed by atoms with van der Waals surface area (Å²) in [7, 11) is 0. The molecule has 0 spiro atoms. The van der Waals surface area contributed by atoms with Crippen molar-refractivity contribution in [2.45, 2.75) is 6.92 Å². The van der Waals surface area contributed by atoms with E-state index >= 15 is 0 Å². The maximum Gasteiger partial charge on any atom is 0.334 e. The number of rotatable bonds is 1. The van der Waals surface area contributed by atoms with E-state index < -0.39 is 28.0 Å². The Morgan fingerprint density at radius 2 is 1.94 bits per heavy atom. The van der Waals surface area contributed by atoms with Crippen LogP contribution in [0.2, 0.25) is 5.15 Å². The molecule has 1 heterocycles. The number of nitrogens with one attached hydrogen (secondary N) is 1. The summed E-state index contributed by atoms with van der Waals surface area (Å²) < 4.78 is 27.3. The van der Waals surface area contributed by atoms with Gasteiger partial charge in [-0.15, -0.1) is 0 Å². The largest absolute Gasteiger partial charge is 0.334 e. The first-order chi connectivity index (χ1) is 8.41. The van der Waals surface area contributed by atoms with E-state index in [1.807, 2.05) is 4.98 Å². The van der Waals surface area contributed by atoms with Crippen LogP contribution in [0.1, 0.15) is 5.56 Å². The fourth-order valence-corrected chi connectivity index (χ4v) is 1.66. The van der Waals surface area contributed by atoms with Crippen LogP contribution in [0.4, 0.5) is 8.78 Å². The summed E-state index contributed by atoms with van der Waals surface area (Å²) in [6.45, 7) is 1.64. The molecule has 2 aromatic rings. The fourth-order valence-electron chi connectivity index (χ4n) is 1.50. The standard InChI is InChI=1S/C11H7ClF2N2O2/c1-5-2-3-7(6(13)4-5)16-10(17)8(14)9(12)15-11(16)18/h2-4H,1H3,(H,15,18). The number of aryl methyl sites for hydroxylation is 1. The highest BCUT2D eigenvalue weighted by Gasteiger charge is 2.16. The average Bonchev–Trinajstić information content (AvgIpc) is 2.29. The second-order valence-corrected chi connectivity index (χ2v) is 4.03. The predicted octanol–water partition coefficient (Wildman–Crippen LogP) is 1.77. The number of halogens is 3. The molecule has 2 rings (SSSR count). The molecule has 0 aliphatic rings. The van der Waals surface area contributed by atoms with Gasteiger partial charge >= 0.3 is 5.69 Å². The first-order valence-electron chi connectivity index (χ1n) is 4.88. The van der Waals surface area contributed by atoms with Crippen LogP contribution in [0.15, 0.2) is 27.8 Å². The van der Waals surface area contributed by atoms with Crippen LogP contribution in [-0.4, -0.2) is 9.55 Å². The summed E-state index contributed by atoms with van der Waals surface area (Å²) in [6.07, 6.45) is 0. The second-order valence-electron chi connectivity index (χ2n) is 3.65. The Labute approximate surface area is 104 Å². The summed E-state index contributed by atoms with van der Waals surface area (Å²) in [5.41, 5.74) is -2.03. The number of aromatic nitrogens is 2. The van der Waals surface area contributed by atoms with E-state index in [0.29, 0.717) is 10.1 Å². The molecule has 94 valence electrons. The van der Waals surface area contributed by atoms with E-state index in [1.54, 1.807) is 6.92 Å². The van der Waals surface area contributed by atoms with Gasteiger partial charge in [-0.2, -0.15) is 4.39 Å². The maximum atomic E-state index is 13.7. The van der Waals surface area contributed by atoms with Crippen molar-refractivity contribution >= 4 is 11.6 Å². The molecule has 0 aliphatic carbocycles. The van der Waals surface area contributed by atoms with Gasteiger partial charge in [0, 0.05) is 0 Å². The Bertz CT molecular complexity index is 737. The molecule has 1 N–H and O–H groups in total. The quantitative estimate of drug-likeness (QED) is 0.805. The maximum absolute atomic E-state index is 13.7. The number of aromatic amines is 1. The molecule has 0 aliphatic heterocycles. The van der Waals surface area contributed by atoms with Crippen molar-refractivity contribution in [1.29, 1.82) is 0 Å². The Morgan fingerprint density at radius 1 is 1.28 bits per heavy atom. The molecule has 7 heteroatoms. The van der Waals surface area contributed by atoms with Crippen molar-refractivity contribution in [2.24, 2.45) is 0 Å². The van der Waals surface area contributed by atoms with Crippen LogP contribution in [0, 0.1) is 18.6 Å². The van der Waals surface area contributed by atoms with Crippen molar-refractivity contribution in [3.05, 3.63) is 61.4 Å². The van der Waals surface area contributed by atoms with Gasteiger partial charge in [0.05, 0.1) is 5.69 Å². The molecule has 4 nitrogen and oxygen atoms in total. The lowest BCUT2D eigenvalue weighted by molar-refractivity contribution is 0.571. The van der Waals surface area contributed by atoms with E-state index in [9.17, 15) is 18.4 Å². The first-order valence-corrected chi connectivity index (χ1v) is 5.26. The molecule has 0 saturated carbocycles. The topological polar surface area (TPSA) is 54.9 Å². The average molecular weight is 273 g/mol. The van der Waals surface area contributed by atoms with E-state index in [2.05, 4.69) is 0 Å². The zero-order valence-electron chi connectivity index (χ0n) is 9.13. The number of nitrogens with zero attached hydrogens (tertiary/aromatic N) is 1. The van der Waals surface area contributed by atoms with Gasteiger partial charge in [0.1, 0.15) is 5.82 Å². The smallest absolute Gasteiger partial charge is 0.295 e. The summed E-state index contributed by atoms with van der Waals surface area (Å²) in [6, 6.07) is 3.85. The van der Waals surface area contributed by atoms with Crippen molar-refractivity contribution < 1.29 is 8.78 Å². The highest BCUT2D eigenvalue weighted by atomic mass is 35.5. The van der Waals surface area contributed by atoms with Gasteiger partial charge < -0.3 is 0 Å². The molecular weight excluding hydrogens is 266 g/mol.